The summed E-state index contributed by atoms with van der Waals surface area (Å²) in [6.45, 7) is 4.26. The Kier molecular flexibility index (Phi) is 33.4. The molecule has 0 saturated carbocycles. The third kappa shape index (κ3) is 36.1. The Balaban J connectivity index is 4.61. The molecule has 11 nitrogen and oxygen atoms in total. The molecule has 0 fully saturated rings. The average Bonchev–Trinajstić information content (AvgIpc) is 3.12. The summed E-state index contributed by atoms with van der Waals surface area (Å²) in [5.41, 5.74) is 0. The molecule has 0 heterocycles. The summed E-state index contributed by atoms with van der Waals surface area (Å²) in [7, 11) is -4.66. The van der Waals surface area contributed by atoms with Crippen molar-refractivity contribution in [1.29, 1.82) is 0 Å². The topological polar surface area (TPSA) is 169 Å². The van der Waals surface area contributed by atoms with E-state index in [1.807, 2.05) is 12.2 Å². The molecule has 0 spiro atoms. The van der Waals surface area contributed by atoms with Gasteiger partial charge in [-0.3, -0.25) is 18.6 Å². The lowest BCUT2D eigenvalue weighted by molar-refractivity contribution is -0.161. The highest BCUT2D eigenvalue weighted by Gasteiger charge is 2.27. The van der Waals surface area contributed by atoms with Gasteiger partial charge in [-0.2, -0.15) is 0 Å². The quantitative estimate of drug-likeness (QED) is 0.0163. The van der Waals surface area contributed by atoms with Crippen molar-refractivity contribution in [2.45, 2.75) is 142 Å². The highest BCUT2D eigenvalue weighted by atomic mass is 31.2. The van der Waals surface area contributed by atoms with Gasteiger partial charge < -0.3 is 29.7 Å². The Labute approximate surface area is 319 Å². The van der Waals surface area contributed by atoms with E-state index in [4.69, 9.17) is 19.1 Å². The molecule has 4 N–H and O–H groups in total. The molecular weight excluding hydrogens is 699 g/mol. The number of phosphoric ester groups is 1. The van der Waals surface area contributed by atoms with Crippen LogP contribution >= 0.6 is 7.82 Å². The lowest BCUT2D eigenvalue weighted by Crippen LogP contribution is -2.29. The number of aliphatic hydroxyl groups excluding tert-OH is 3. The second-order valence-corrected chi connectivity index (χ2v) is 14.7. The zero-order valence-electron chi connectivity index (χ0n) is 32.5. The number of rotatable bonds is 34. The second-order valence-electron chi connectivity index (χ2n) is 13.3. The number of allylic oxidation sites excluding steroid dienone is 10. The summed E-state index contributed by atoms with van der Waals surface area (Å²) < 4.78 is 32.4. The number of aliphatic hydroxyl groups is 3. The smallest absolute Gasteiger partial charge is 0.462 e. The Bertz CT molecular complexity index is 1140. The van der Waals surface area contributed by atoms with Crippen LogP contribution in [0.1, 0.15) is 124 Å². The lowest BCUT2D eigenvalue weighted by atomic mass is 10.0. The monoisotopic (exact) mass is 768 g/mol. The molecule has 2 unspecified atom stereocenters. The molecule has 0 saturated heterocycles. The number of ether oxygens (including phenoxy) is 2. The fraction of sp³-hybridized carbons (Fsp3) is 0.659. The van der Waals surface area contributed by atoms with Gasteiger partial charge in [0.2, 0.25) is 0 Å². The van der Waals surface area contributed by atoms with E-state index in [-0.39, 0.29) is 19.4 Å². The number of carbonyl (C=O) groups excluding carboxylic acids is 2. The molecule has 4 atom stereocenters. The maximum atomic E-state index is 12.5. The molecule has 0 bridgehead atoms. The van der Waals surface area contributed by atoms with E-state index in [1.165, 1.54) is 25.7 Å². The van der Waals surface area contributed by atoms with Crippen LogP contribution < -0.4 is 0 Å². The number of hydrogen-bond donors (Lipinski definition) is 4. The first-order valence-electron chi connectivity index (χ1n) is 19.4. The predicted molar refractivity (Wildman–Crippen MR) is 211 cm³/mol. The average molecular weight is 769 g/mol. The summed E-state index contributed by atoms with van der Waals surface area (Å²) >= 11 is 0. The van der Waals surface area contributed by atoms with Crippen LogP contribution in [0.3, 0.4) is 0 Å². The van der Waals surface area contributed by atoms with Crippen molar-refractivity contribution in [2.75, 3.05) is 26.4 Å². The summed E-state index contributed by atoms with van der Waals surface area (Å²) in [5.74, 6) is -0.390. The van der Waals surface area contributed by atoms with E-state index in [0.29, 0.717) is 19.3 Å². The third-order valence-electron chi connectivity index (χ3n) is 7.65. The van der Waals surface area contributed by atoms with Crippen molar-refractivity contribution in [1.82, 2.24) is 0 Å². The van der Waals surface area contributed by atoms with Crippen molar-refractivity contribution in [2.24, 2.45) is 5.92 Å². The summed E-state index contributed by atoms with van der Waals surface area (Å²) in [5, 5.41) is 28.4. The number of unbranched alkanes of at least 4 members (excludes halogenated alkanes) is 6. The molecule has 0 rings (SSSR count). The Morgan fingerprint density at radius 2 is 1.30 bits per heavy atom. The van der Waals surface area contributed by atoms with E-state index >= 15 is 0 Å². The molecule has 0 radical (unpaired) electrons. The van der Waals surface area contributed by atoms with Crippen LogP contribution in [0.25, 0.3) is 0 Å². The minimum Gasteiger partial charge on any atom is -0.462 e. The van der Waals surface area contributed by atoms with E-state index in [0.717, 1.165) is 50.9 Å². The predicted octanol–water partition coefficient (Wildman–Crippen LogP) is 8.54. The fourth-order valence-electron chi connectivity index (χ4n) is 4.64. The summed E-state index contributed by atoms with van der Waals surface area (Å²) in [4.78, 5) is 34.8. The largest absolute Gasteiger partial charge is 0.472 e. The minimum absolute atomic E-state index is 0.0255. The molecule has 304 valence electrons. The van der Waals surface area contributed by atoms with Crippen LogP contribution in [0.15, 0.2) is 72.9 Å². The molecular formula is C41H69O11P. The van der Waals surface area contributed by atoms with Crippen molar-refractivity contribution < 1.29 is 52.9 Å². The molecule has 0 aliphatic heterocycles. The van der Waals surface area contributed by atoms with Gasteiger partial charge in [0.1, 0.15) is 12.7 Å². The van der Waals surface area contributed by atoms with E-state index in [2.05, 4.69) is 61.8 Å². The van der Waals surface area contributed by atoms with E-state index in [9.17, 15) is 29.3 Å². The van der Waals surface area contributed by atoms with Crippen molar-refractivity contribution >= 4 is 19.8 Å². The van der Waals surface area contributed by atoms with Crippen LogP contribution in [0.2, 0.25) is 0 Å². The molecule has 0 aromatic carbocycles. The Hall–Kier alpha value is -2.63. The number of carbonyl (C=O) groups is 2. The Morgan fingerprint density at radius 3 is 1.94 bits per heavy atom. The van der Waals surface area contributed by atoms with Crippen LogP contribution in [0.5, 0.6) is 0 Å². The van der Waals surface area contributed by atoms with Gasteiger partial charge in [0, 0.05) is 12.8 Å². The first-order chi connectivity index (χ1) is 25.5. The lowest BCUT2D eigenvalue weighted by Gasteiger charge is -2.20. The van der Waals surface area contributed by atoms with Gasteiger partial charge >= 0.3 is 19.8 Å². The van der Waals surface area contributed by atoms with Crippen LogP contribution in [-0.2, 0) is 32.7 Å². The standard InChI is InChI=1S/C41H69O11P/c1-4-5-6-7-8-9-10-11-12-13-16-19-23-28-37(43)29-24-21-26-31-41(46)52-39(35-51-53(47,48)50-33-38(44)32-42)34-49-40(45)30-25-20-17-14-15-18-22-27-36(2)3/h5-6,8-9,11-12,16,19,21,23-24,28,36-39,42-44H,4,7,10,13-15,17-18,20,22,25-27,29-35H2,1-3H3,(H,47,48)/b6-5-,9-8-,12-11-,19-16-,24-21-,28-23-/t37?,38-,39+/m0/s1. The number of phosphoric acid groups is 1. The molecule has 0 aromatic rings. The normalized spacial score (nSPS) is 15.5. The van der Waals surface area contributed by atoms with E-state index in [1.54, 1.807) is 24.3 Å². The van der Waals surface area contributed by atoms with Gasteiger partial charge in [-0.05, 0) is 50.9 Å². The summed E-state index contributed by atoms with van der Waals surface area (Å²) in [6, 6.07) is 0. The zero-order chi connectivity index (χ0) is 39.4. The molecule has 53 heavy (non-hydrogen) atoms. The minimum atomic E-state index is -4.66. The van der Waals surface area contributed by atoms with Crippen LogP contribution in [-0.4, -0.2) is 76.9 Å². The maximum Gasteiger partial charge on any atom is 0.472 e. The van der Waals surface area contributed by atoms with Crippen LogP contribution in [0, 0.1) is 5.92 Å². The Morgan fingerprint density at radius 1 is 0.698 bits per heavy atom. The molecule has 0 amide bonds. The van der Waals surface area contributed by atoms with Crippen molar-refractivity contribution in [3.63, 3.8) is 0 Å². The zero-order valence-corrected chi connectivity index (χ0v) is 33.4. The fourth-order valence-corrected chi connectivity index (χ4v) is 5.43. The first-order valence-corrected chi connectivity index (χ1v) is 20.9. The van der Waals surface area contributed by atoms with Gasteiger partial charge in [-0.15, -0.1) is 0 Å². The highest BCUT2D eigenvalue weighted by Crippen LogP contribution is 2.43. The van der Waals surface area contributed by atoms with Crippen molar-refractivity contribution in [3.8, 4) is 0 Å². The number of esters is 2. The maximum absolute atomic E-state index is 12.5. The van der Waals surface area contributed by atoms with Gasteiger partial charge in [0.25, 0.3) is 0 Å². The van der Waals surface area contributed by atoms with E-state index < -0.39 is 57.9 Å². The van der Waals surface area contributed by atoms with Gasteiger partial charge in [-0.1, -0.05) is 139 Å². The van der Waals surface area contributed by atoms with Crippen LogP contribution in [0.4, 0.5) is 0 Å². The number of hydrogen-bond acceptors (Lipinski definition) is 10. The second kappa shape index (κ2) is 35.1. The summed E-state index contributed by atoms with van der Waals surface area (Å²) in [6.07, 6.45) is 33.6. The SMILES string of the molecule is CC/C=C\C/C=C\C/C=C\C/C=C\C=C/C(O)C/C=C\CCC(=O)O[C@H](COC(=O)CCCCCCCCCC(C)C)COP(=O)(O)OC[C@@H](O)CO. The van der Waals surface area contributed by atoms with Gasteiger partial charge in [-0.25, -0.2) is 4.57 Å². The molecule has 12 heteroatoms. The molecule has 0 aliphatic carbocycles. The van der Waals surface area contributed by atoms with Gasteiger partial charge in [0.05, 0.1) is 25.9 Å². The molecule has 0 aromatic heterocycles. The first kappa shape index (κ1) is 50.4. The highest BCUT2D eigenvalue weighted by molar-refractivity contribution is 7.47. The molecule has 0 aliphatic rings. The van der Waals surface area contributed by atoms with Crippen molar-refractivity contribution in [3.05, 3.63) is 72.9 Å². The van der Waals surface area contributed by atoms with Gasteiger partial charge in [0.15, 0.2) is 6.10 Å². The third-order valence-corrected chi connectivity index (χ3v) is 8.60.